The summed E-state index contributed by atoms with van der Waals surface area (Å²) in [5.74, 6) is 0.798. The summed E-state index contributed by atoms with van der Waals surface area (Å²) < 4.78 is 0. The third-order valence-corrected chi connectivity index (χ3v) is 4.96. The summed E-state index contributed by atoms with van der Waals surface area (Å²) in [6.07, 6.45) is 5.47. The Kier molecular flexibility index (Phi) is 5.07. The molecule has 2 N–H and O–H groups in total. The van der Waals surface area contributed by atoms with Crippen LogP contribution in [0.3, 0.4) is 0 Å². The zero-order valence-corrected chi connectivity index (χ0v) is 15.5. The molecule has 1 aromatic carbocycles. The summed E-state index contributed by atoms with van der Waals surface area (Å²) in [4.78, 5) is 18.7. The van der Waals surface area contributed by atoms with Crippen LogP contribution in [0.4, 0.5) is 5.82 Å². The Morgan fingerprint density at radius 1 is 1.22 bits per heavy atom. The van der Waals surface area contributed by atoms with Gasteiger partial charge in [-0.25, -0.2) is 0 Å². The van der Waals surface area contributed by atoms with Crippen LogP contribution in [-0.4, -0.2) is 40.2 Å². The number of aromatic amines is 1. The van der Waals surface area contributed by atoms with E-state index in [1.807, 2.05) is 18.2 Å². The molecule has 138 valence electrons. The van der Waals surface area contributed by atoms with Gasteiger partial charge in [0.2, 0.25) is 0 Å². The molecule has 6 nitrogen and oxygen atoms in total. The molecule has 4 rings (SSSR count). The first-order valence-electron chi connectivity index (χ1n) is 8.96. The minimum atomic E-state index is -0.0937. The zero-order valence-electron chi connectivity index (χ0n) is 14.7. The van der Waals surface area contributed by atoms with E-state index in [4.69, 9.17) is 11.6 Å². The second-order valence-corrected chi connectivity index (χ2v) is 7.08. The average molecular weight is 382 g/mol. The van der Waals surface area contributed by atoms with E-state index in [-0.39, 0.29) is 11.9 Å². The lowest BCUT2D eigenvalue weighted by molar-refractivity contribution is 0.0933. The number of nitrogens with one attached hydrogen (secondary N) is 2. The van der Waals surface area contributed by atoms with Crippen LogP contribution < -0.4 is 10.2 Å². The molecular formula is C20H20ClN5O. The summed E-state index contributed by atoms with van der Waals surface area (Å²) in [6.45, 7) is 1.65. The Balaban J connectivity index is 1.42. The van der Waals surface area contributed by atoms with Crippen molar-refractivity contribution >= 4 is 23.3 Å². The minimum absolute atomic E-state index is 0.0753. The van der Waals surface area contributed by atoms with E-state index in [2.05, 4.69) is 25.4 Å². The molecule has 1 aliphatic rings. The highest BCUT2D eigenvalue weighted by Crippen LogP contribution is 2.24. The van der Waals surface area contributed by atoms with Crippen LogP contribution in [-0.2, 0) is 0 Å². The normalized spacial score (nSPS) is 16.9. The predicted octanol–water partition coefficient (Wildman–Crippen LogP) is 3.52. The molecule has 2 aromatic heterocycles. The van der Waals surface area contributed by atoms with Crippen LogP contribution in [0.25, 0.3) is 11.3 Å². The first kappa shape index (κ1) is 17.5. The maximum atomic E-state index is 12.5. The lowest BCUT2D eigenvalue weighted by Gasteiger charge is -2.33. The molecule has 1 saturated heterocycles. The number of pyridine rings is 1. The van der Waals surface area contributed by atoms with Crippen molar-refractivity contribution in [2.24, 2.45) is 0 Å². The van der Waals surface area contributed by atoms with Gasteiger partial charge in [0.05, 0.1) is 5.69 Å². The first-order chi connectivity index (χ1) is 13.2. The fourth-order valence-electron chi connectivity index (χ4n) is 3.35. The van der Waals surface area contributed by atoms with Crippen molar-refractivity contribution in [3.05, 3.63) is 65.4 Å². The van der Waals surface area contributed by atoms with Gasteiger partial charge in [-0.3, -0.25) is 14.9 Å². The molecule has 27 heavy (non-hydrogen) atoms. The van der Waals surface area contributed by atoms with Crippen LogP contribution in [0.1, 0.15) is 23.2 Å². The smallest absolute Gasteiger partial charge is 0.251 e. The van der Waals surface area contributed by atoms with Gasteiger partial charge < -0.3 is 10.2 Å². The van der Waals surface area contributed by atoms with E-state index in [0.717, 1.165) is 43.0 Å². The van der Waals surface area contributed by atoms with E-state index in [1.165, 1.54) is 0 Å². The van der Waals surface area contributed by atoms with Crippen molar-refractivity contribution in [2.75, 3.05) is 18.0 Å². The van der Waals surface area contributed by atoms with Gasteiger partial charge in [0.25, 0.3) is 5.91 Å². The van der Waals surface area contributed by atoms with Crippen molar-refractivity contribution in [3.8, 4) is 11.3 Å². The van der Waals surface area contributed by atoms with Gasteiger partial charge in [-0.15, -0.1) is 0 Å². The third kappa shape index (κ3) is 4.11. The van der Waals surface area contributed by atoms with Crippen LogP contribution >= 0.6 is 11.6 Å². The van der Waals surface area contributed by atoms with Crippen LogP contribution in [0.5, 0.6) is 0 Å². The highest BCUT2D eigenvalue weighted by Gasteiger charge is 2.23. The maximum absolute atomic E-state index is 12.5. The molecule has 1 amide bonds. The second kappa shape index (κ2) is 7.80. The number of carbonyl (C=O) groups is 1. The molecule has 0 bridgehead atoms. The number of amides is 1. The van der Waals surface area contributed by atoms with Crippen LogP contribution in [0.2, 0.25) is 5.02 Å². The van der Waals surface area contributed by atoms with Crippen LogP contribution in [0, 0.1) is 0 Å². The van der Waals surface area contributed by atoms with Crippen molar-refractivity contribution in [3.63, 3.8) is 0 Å². The summed E-state index contributed by atoms with van der Waals surface area (Å²) in [5, 5.41) is 11.2. The number of aromatic nitrogens is 3. The largest absolute Gasteiger partial charge is 0.353 e. The maximum Gasteiger partial charge on any atom is 0.251 e. The fourth-order valence-corrected chi connectivity index (χ4v) is 3.54. The number of carbonyl (C=O) groups excluding carboxylic acids is 1. The molecule has 1 fully saturated rings. The molecule has 1 atom stereocenters. The molecule has 7 heteroatoms. The monoisotopic (exact) mass is 381 g/mol. The van der Waals surface area contributed by atoms with E-state index in [1.54, 1.807) is 36.7 Å². The van der Waals surface area contributed by atoms with Gasteiger partial charge >= 0.3 is 0 Å². The quantitative estimate of drug-likeness (QED) is 0.725. The Morgan fingerprint density at radius 2 is 2.07 bits per heavy atom. The molecule has 0 aliphatic carbocycles. The predicted molar refractivity (Wildman–Crippen MR) is 106 cm³/mol. The molecular weight excluding hydrogens is 362 g/mol. The minimum Gasteiger partial charge on any atom is -0.353 e. The number of H-pyrrole nitrogens is 1. The van der Waals surface area contributed by atoms with Crippen molar-refractivity contribution < 1.29 is 4.79 Å². The molecule has 1 aliphatic heterocycles. The van der Waals surface area contributed by atoms with E-state index < -0.39 is 0 Å². The Bertz CT molecular complexity index is 927. The summed E-state index contributed by atoms with van der Waals surface area (Å²) in [7, 11) is 0. The topological polar surface area (TPSA) is 73.9 Å². The third-order valence-electron chi connectivity index (χ3n) is 4.72. The first-order valence-corrected chi connectivity index (χ1v) is 9.34. The number of halogens is 1. The van der Waals surface area contributed by atoms with Crippen LogP contribution in [0.15, 0.2) is 54.9 Å². The number of nitrogens with zero attached hydrogens (tertiary/aromatic N) is 3. The molecule has 0 spiro atoms. The highest BCUT2D eigenvalue weighted by molar-refractivity contribution is 6.30. The van der Waals surface area contributed by atoms with Gasteiger partial charge in [-0.05, 0) is 43.2 Å². The lowest BCUT2D eigenvalue weighted by atomic mass is 10.0. The van der Waals surface area contributed by atoms with Gasteiger partial charge in [0.1, 0.15) is 0 Å². The average Bonchev–Trinajstić information content (AvgIpc) is 3.19. The number of piperidine rings is 1. The van der Waals surface area contributed by atoms with E-state index >= 15 is 0 Å². The van der Waals surface area contributed by atoms with E-state index in [9.17, 15) is 4.79 Å². The van der Waals surface area contributed by atoms with Gasteiger partial charge in [0, 0.05) is 53.7 Å². The Hall–Kier alpha value is -2.86. The highest BCUT2D eigenvalue weighted by atomic mass is 35.5. The second-order valence-electron chi connectivity index (χ2n) is 6.64. The Labute approximate surface area is 162 Å². The summed E-state index contributed by atoms with van der Waals surface area (Å²) in [5.41, 5.74) is 2.59. The van der Waals surface area contributed by atoms with Gasteiger partial charge in [-0.1, -0.05) is 17.7 Å². The zero-order chi connectivity index (χ0) is 18.6. The molecule has 3 heterocycles. The van der Waals surface area contributed by atoms with Crippen molar-refractivity contribution in [1.29, 1.82) is 0 Å². The molecule has 0 saturated carbocycles. The van der Waals surface area contributed by atoms with Gasteiger partial charge in [0.15, 0.2) is 5.82 Å². The Morgan fingerprint density at radius 3 is 2.89 bits per heavy atom. The van der Waals surface area contributed by atoms with Gasteiger partial charge in [-0.2, -0.15) is 5.10 Å². The fraction of sp³-hybridized carbons (Fsp3) is 0.250. The number of hydrogen-bond acceptors (Lipinski definition) is 4. The molecule has 3 aromatic rings. The number of rotatable bonds is 4. The summed E-state index contributed by atoms with van der Waals surface area (Å²) >= 11 is 5.98. The number of benzene rings is 1. The lowest BCUT2D eigenvalue weighted by Crippen LogP contribution is -2.48. The van der Waals surface area contributed by atoms with Crippen molar-refractivity contribution in [2.45, 2.75) is 18.9 Å². The van der Waals surface area contributed by atoms with E-state index in [0.29, 0.717) is 10.6 Å². The van der Waals surface area contributed by atoms with Crippen molar-refractivity contribution in [1.82, 2.24) is 20.5 Å². The molecule has 0 unspecified atom stereocenters. The number of anilines is 1. The standard InChI is InChI=1S/C20H20ClN5O/c21-16-4-1-3-15(11-16)20(27)23-17-5-2-10-26(13-17)19-12-18(24-25-19)14-6-8-22-9-7-14/h1,3-4,6-9,11-12,17H,2,5,10,13H2,(H,23,27)(H,24,25)/t17-/m1/s1. The molecule has 0 radical (unpaired) electrons. The SMILES string of the molecule is O=C(N[C@@H]1CCCN(c2cc(-c3ccncc3)[nH]n2)C1)c1cccc(Cl)c1. The number of hydrogen-bond donors (Lipinski definition) is 2. The summed E-state index contributed by atoms with van der Waals surface area (Å²) in [6, 6.07) is 13.0.